The van der Waals surface area contributed by atoms with Crippen LogP contribution in [0.3, 0.4) is 0 Å². The van der Waals surface area contributed by atoms with Crippen molar-refractivity contribution >= 4 is 11.9 Å². The highest BCUT2D eigenvalue weighted by atomic mass is 16.5. The molecule has 1 rings (SSSR count). The summed E-state index contributed by atoms with van der Waals surface area (Å²) in [6.07, 6.45) is 0.495. The molecule has 1 aromatic rings. The van der Waals surface area contributed by atoms with Crippen LogP contribution in [-0.4, -0.2) is 29.6 Å². The Bertz CT molecular complexity index is 428. The molecule has 104 valence electrons. The number of hydrogen-bond acceptors (Lipinski definition) is 3. The van der Waals surface area contributed by atoms with Crippen LogP contribution >= 0.6 is 0 Å². The Labute approximate surface area is 112 Å². The summed E-state index contributed by atoms with van der Waals surface area (Å²) in [6, 6.07) is 7.01. The molecule has 1 atom stereocenters. The van der Waals surface area contributed by atoms with Gasteiger partial charge in [0.1, 0.15) is 5.75 Å². The van der Waals surface area contributed by atoms with Gasteiger partial charge in [0, 0.05) is 6.04 Å². The fourth-order valence-corrected chi connectivity index (χ4v) is 1.56. The lowest BCUT2D eigenvalue weighted by atomic mass is 10.1. The van der Waals surface area contributed by atoms with Gasteiger partial charge in [-0.05, 0) is 25.5 Å². The van der Waals surface area contributed by atoms with Gasteiger partial charge in [0.05, 0.1) is 6.42 Å². The van der Waals surface area contributed by atoms with Gasteiger partial charge in [-0.2, -0.15) is 0 Å². The van der Waals surface area contributed by atoms with E-state index < -0.39 is 5.97 Å². The maximum atomic E-state index is 11.6. The molecule has 0 aliphatic heterocycles. The lowest BCUT2D eigenvalue weighted by Crippen LogP contribution is -2.38. The first-order chi connectivity index (χ1) is 9.01. The highest BCUT2D eigenvalue weighted by molar-refractivity contribution is 5.78. The Hall–Kier alpha value is -2.04. The van der Waals surface area contributed by atoms with Crippen molar-refractivity contribution in [2.24, 2.45) is 0 Å². The van der Waals surface area contributed by atoms with Gasteiger partial charge in [-0.25, -0.2) is 0 Å². The third-order valence-electron chi connectivity index (χ3n) is 2.67. The van der Waals surface area contributed by atoms with Crippen molar-refractivity contribution in [1.29, 1.82) is 0 Å². The van der Waals surface area contributed by atoms with Crippen molar-refractivity contribution in [1.82, 2.24) is 5.32 Å². The molecule has 0 aliphatic rings. The van der Waals surface area contributed by atoms with Gasteiger partial charge in [-0.15, -0.1) is 0 Å². The molecular formula is C14H19NO4. The van der Waals surface area contributed by atoms with Crippen molar-refractivity contribution in [3.05, 3.63) is 29.8 Å². The Morgan fingerprint density at radius 2 is 1.95 bits per heavy atom. The summed E-state index contributed by atoms with van der Waals surface area (Å²) < 4.78 is 5.31. The second-order valence-electron chi connectivity index (χ2n) is 4.37. The van der Waals surface area contributed by atoms with Crippen LogP contribution in [0.4, 0.5) is 0 Å². The average molecular weight is 265 g/mol. The third kappa shape index (κ3) is 5.90. The predicted molar refractivity (Wildman–Crippen MR) is 71.1 cm³/mol. The average Bonchev–Trinajstić information content (AvgIpc) is 2.36. The molecule has 0 fully saturated rings. The summed E-state index contributed by atoms with van der Waals surface area (Å²) in [4.78, 5) is 22.2. The minimum atomic E-state index is -0.924. The molecule has 0 aromatic heterocycles. The van der Waals surface area contributed by atoms with E-state index in [1.54, 1.807) is 12.1 Å². The van der Waals surface area contributed by atoms with Crippen molar-refractivity contribution in [3.8, 4) is 5.75 Å². The van der Waals surface area contributed by atoms with Gasteiger partial charge in [0.15, 0.2) is 6.61 Å². The minimum absolute atomic E-state index is 0.0766. The Kier molecular flexibility index (Phi) is 5.85. The van der Waals surface area contributed by atoms with E-state index in [9.17, 15) is 9.59 Å². The van der Waals surface area contributed by atoms with Crippen LogP contribution in [0.25, 0.3) is 0 Å². The highest BCUT2D eigenvalue weighted by Gasteiger charge is 2.14. The number of nitrogens with one attached hydrogen (secondary N) is 1. The molecular weight excluding hydrogens is 246 g/mol. The number of carboxylic acids is 1. The number of rotatable bonds is 7. The second-order valence-corrected chi connectivity index (χ2v) is 4.37. The van der Waals surface area contributed by atoms with Crippen molar-refractivity contribution < 1.29 is 19.4 Å². The molecule has 0 bridgehead atoms. The molecule has 0 spiro atoms. The van der Waals surface area contributed by atoms with Crippen LogP contribution in [0.5, 0.6) is 5.75 Å². The summed E-state index contributed by atoms with van der Waals surface area (Å²) >= 11 is 0. The van der Waals surface area contributed by atoms with Crippen LogP contribution in [0.15, 0.2) is 24.3 Å². The maximum absolute atomic E-state index is 11.6. The Morgan fingerprint density at radius 3 is 2.47 bits per heavy atom. The first kappa shape index (κ1) is 15.0. The number of aryl methyl sites for hydroxylation is 1. The van der Waals surface area contributed by atoms with E-state index in [4.69, 9.17) is 9.84 Å². The topological polar surface area (TPSA) is 75.6 Å². The van der Waals surface area contributed by atoms with E-state index in [0.717, 1.165) is 5.56 Å². The number of carbonyl (C=O) groups is 2. The lowest BCUT2D eigenvalue weighted by Gasteiger charge is -2.15. The van der Waals surface area contributed by atoms with Gasteiger partial charge in [0.2, 0.25) is 0 Å². The number of ether oxygens (including phenoxy) is 1. The summed E-state index contributed by atoms with van der Waals surface area (Å²) in [5.74, 6) is -0.618. The summed E-state index contributed by atoms with van der Waals surface area (Å²) in [5.41, 5.74) is 1.12. The first-order valence-electron chi connectivity index (χ1n) is 6.22. The highest BCUT2D eigenvalue weighted by Crippen LogP contribution is 2.11. The second kappa shape index (κ2) is 7.41. The van der Waals surface area contributed by atoms with Gasteiger partial charge in [0.25, 0.3) is 5.91 Å². The molecule has 19 heavy (non-hydrogen) atoms. The third-order valence-corrected chi connectivity index (χ3v) is 2.67. The molecule has 1 aromatic carbocycles. The van der Waals surface area contributed by atoms with E-state index in [1.165, 1.54) is 0 Å². The Morgan fingerprint density at radius 1 is 1.32 bits per heavy atom. The molecule has 0 aliphatic carbocycles. The van der Waals surface area contributed by atoms with E-state index in [0.29, 0.717) is 12.2 Å². The molecule has 2 N–H and O–H groups in total. The number of hydrogen-bond donors (Lipinski definition) is 2. The van der Waals surface area contributed by atoms with Crippen LogP contribution < -0.4 is 10.1 Å². The van der Waals surface area contributed by atoms with E-state index in [2.05, 4.69) is 5.32 Å². The molecule has 5 nitrogen and oxygen atoms in total. The van der Waals surface area contributed by atoms with Crippen molar-refractivity contribution in [2.75, 3.05) is 6.61 Å². The quantitative estimate of drug-likeness (QED) is 0.787. The monoisotopic (exact) mass is 265 g/mol. The lowest BCUT2D eigenvalue weighted by molar-refractivity contribution is -0.137. The number of aliphatic carboxylic acids is 1. The zero-order chi connectivity index (χ0) is 14.3. The molecule has 1 unspecified atom stereocenters. The molecule has 1 amide bonds. The molecule has 0 saturated heterocycles. The van der Waals surface area contributed by atoms with Gasteiger partial charge in [-0.3, -0.25) is 9.59 Å². The van der Waals surface area contributed by atoms with Crippen LogP contribution in [0, 0.1) is 6.92 Å². The summed E-state index contributed by atoms with van der Waals surface area (Å²) in [5, 5.41) is 11.3. The molecule has 0 radical (unpaired) electrons. The van der Waals surface area contributed by atoms with Crippen molar-refractivity contribution in [3.63, 3.8) is 0 Å². The van der Waals surface area contributed by atoms with Crippen LogP contribution in [0.1, 0.15) is 25.3 Å². The van der Waals surface area contributed by atoms with Crippen LogP contribution in [0.2, 0.25) is 0 Å². The van der Waals surface area contributed by atoms with E-state index in [1.807, 2.05) is 26.0 Å². The smallest absolute Gasteiger partial charge is 0.305 e. The van der Waals surface area contributed by atoms with Gasteiger partial charge >= 0.3 is 5.97 Å². The number of amides is 1. The first-order valence-corrected chi connectivity index (χ1v) is 6.22. The number of benzene rings is 1. The van der Waals surface area contributed by atoms with E-state index >= 15 is 0 Å². The number of carbonyl (C=O) groups excluding carboxylic acids is 1. The maximum Gasteiger partial charge on any atom is 0.305 e. The molecule has 0 heterocycles. The van der Waals surface area contributed by atoms with E-state index in [-0.39, 0.29) is 25.0 Å². The standard InChI is InChI=1S/C14H19NO4/c1-3-11(8-14(17)18)15-13(16)9-19-12-6-4-10(2)5-7-12/h4-7,11H,3,8-9H2,1-2H3,(H,15,16)(H,17,18). The largest absolute Gasteiger partial charge is 0.484 e. The summed E-state index contributed by atoms with van der Waals surface area (Å²) in [7, 11) is 0. The fraction of sp³-hybridized carbons (Fsp3) is 0.429. The minimum Gasteiger partial charge on any atom is -0.484 e. The van der Waals surface area contributed by atoms with Crippen LogP contribution in [-0.2, 0) is 9.59 Å². The zero-order valence-electron chi connectivity index (χ0n) is 11.2. The van der Waals surface area contributed by atoms with Crippen molar-refractivity contribution in [2.45, 2.75) is 32.7 Å². The zero-order valence-corrected chi connectivity index (χ0v) is 11.2. The fourth-order valence-electron chi connectivity index (χ4n) is 1.56. The SMILES string of the molecule is CCC(CC(=O)O)NC(=O)COc1ccc(C)cc1. The number of carboxylic acid groups (broad SMARTS) is 1. The molecule has 0 saturated carbocycles. The predicted octanol–water partition coefficient (Wildman–Crippen LogP) is 1.74. The Balaban J connectivity index is 2.38. The van der Waals surface area contributed by atoms with Gasteiger partial charge < -0.3 is 15.2 Å². The summed E-state index contributed by atoms with van der Waals surface area (Å²) in [6.45, 7) is 3.68. The van der Waals surface area contributed by atoms with Gasteiger partial charge in [-0.1, -0.05) is 24.6 Å². The molecule has 5 heteroatoms. The normalized spacial score (nSPS) is 11.7.